The largest absolute Gasteiger partial charge is 0.383 e. The number of aryl methyl sites for hydroxylation is 2. The van der Waals surface area contributed by atoms with Gasteiger partial charge in [0.05, 0.1) is 29.8 Å². The van der Waals surface area contributed by atoms with Crippen LogP contribution in [0.3, 0.4) is 0 Å². The standard InChI is InChI=1S/C21H23N3O3S/c1-14-8-9-16(12-15(14)2)22-19(25)13-28-21-23-18-7-5-4-6-17(18)20(26)24(21)10-11-27-3/h4-9,12H,10-11,13H2,1-3H3,(H,22,25). The van der Waals surface area contributed by atoms with Crippen LogP contribution in [-0.2, 0) is 16.1 Å². The van der Waals surface area contributed by atoms with E-state index >= 15 is 0 Å². The van der Waals surface area contributed by atoms with Crippen molar-refractivity contribution >= 4 is 34.3 Å². The van der Waals surface area contributed by atoms with Crippen molar-refractivity contribution in [3.8, 4) is 0 Å². The van der Waals surface area contributed by atoms with E-state index in [1.807, 2.05) is 44.2 Å². The van der Waals surface area contributed by atoms with Crippen molar-refractivity contribution in [1.29, 1.82) is 0 Å². The molecule has 1 amide bonds. The molecule has 2 aromatic carbocycles. The second-order valence-corrected chi connectivity index (χ2v) is 7.44. The number of rotatable bonds is 7. The molecule has 0 radical (unpaired) electrons. The molecule has 0 aliphatic carbocycles. The van der Waals surface area contributed by atoms with Crippen LogP contribution in [0.5, 0.6) is 0 Å². The van der Waals surface area contributed by atoms with Gasteiger partial charge in [-0.25, -0.2) is 4.98 Å². The van der Waals surface area contributed by atoms with E-state index in [0.29, 0.717) is 29.2 Å². The average molecular weight is 398 g/mol. The summed E-state index contributed by atoms with van der Waals surface area (Å²) in [5, 5.41) is 3.96. The first-order chi connectivity index (χ1) is 13.5. The van der Waals surface area contributed by atoms with Gasteiger partial charge in [0.1, 0.15) is 0 Å². The number of carbonyl (C=O) groups is 1. The molecule has 6 nitrogen and oxygen atoms in total. The number of nitrogens with zero attached hydrogens (tertiary/aromatic N) is 2. The molecule has 1 N–H and O–H groups in total. The molecule has 0 saturated carbocycles. The summed E-state index contributed by atoms with van der Waals surface area (Å²) in [4.78, 5) is 29.8. The zero-order valence-electron chi connectivity index (χ0n) is 16.2. The minimum atomic E-state index is -0.144. The Morgan fingerprint density at radius 3 is 2.71 bits per heavy atom. The third-order valence-corrected chi connectivity index (χ3v) is 5.45. The fraction of sp³-hybridized carbons (Fsp3) is 0.286. The predicted molar refractivity (Wildman–Crippen MR) is 113 cm³/mol. The van der Waals surface area contributed by atoms with Crippen LogP contribution in [0.2, 0.25) is 0 Å². The van der Waals surface area contributed by atoms with Gasteiger partial charge in [-0.05, 0) is 49.2 Å². The SMILES string of the molecule is COCCn1c(SCC(=O)Nc2ccc(C)c(C)c2)nc2ccccc2c1=O. The van der Waals surface area contributed by atoms with Gasteiger partial charge >= 0.3 is 0 Å². The van der Waals surface area contributed by atoms with Crippen LogP contribution in [0.1, 0.15) is 11.1 Å². The predicted octanol–water partition coefficient (Wildman–Crippen LogP) is 3.39. The zero-order chi connectivity index (χ0) is 20.1. The molecule has 1 aromatic heterocycles. The smallest absolute Gasteiger partial charge is 0.262 e. The molecule has 3 aromatic rings. The van der Waals surface area contributed by atoms with E-state index in [4.69, 9.17) is 4.74 Å². The molecule has 3 rings (SSSR count). The summed E-state index contributed by atoms with van der Waals surface area (Å²) in [5.74, 6) is 0.0129. The summed E-state index contributed by atoms with van der Waals surface area (Å²) in [6.45, 7) is 4.81. The Labute approximate surface area is 167 Å². The molecule has 0 fully saturated rings. The number of hydrogen-bond acceptors (Lipinski definition) is 5. The van der Waals surface area contributed by atoms with E-state index in [1.54, 1.807) is 23.8 Å². The molecular weight excluding hydrogens is 374 g/mol. The third kappa shape index (κ3) is 4.61. The van der Waals surface area contributed by atoms with Crippen LogP contribution in [0.25, 0.3) is 10.9 Å². The number of methoxy groups -OCH3 is 1. The molecule has 0 atom stereocenters. The maximum atomic E-state index is 12.8. The number of benzene rings is 2. The number of aromatic nitrogens is 2. The van der Waals surface area contributed by atoms with Crippen LogP contribution < -0.4 is 10.9 Å². The van der Waals surface area contributed by atoms with Crippen LogP contribution in [0.4, 0.5) is 5.69 Å². The Balaban J connectivity index is 1.79. The molecule has 0 bridgehead atoms. The minimum Gasteiger partial charge on any atom is -0.383 e. The summed E-state index contributed by atoms with van der Waals surface area (Å²) >= 11 is 1.25. The van der Waals surface area contributed by atoms with Crippen LogP contribution in [0, 0.1) is 13.8 Å². The maximum absolute atomic E-state index is 12.8. The second-order valence-electron chi connectivity index (χ2n) is 6.50. The molecule has 28 heavy (non-hydrogen) atoms. The number of thioether (sulfide) groups is 1. The van der Waals surface area contributed by atoms with Crippen molar-refractivity contribution in [2.75, 3.05) is 24.8 Å². The Bertz CT molecular complexity index is 1060. The molecule has 0 aliphatic heterocycles. The van der Waals surface area contributed by atoms with Gasteiger partial charge in [0.15, 0.2) is 5.16 Å². The Morgan fingerprint density at radius 2 is 1.96 bits per heavy atom. The van der Waals surface area contributed by atoms with Crippen molar-refractivity contribution in [2.45, 2.75) is 25.5 Å². The van der Waals surface area contributed by atoms with Gasteiger partial charge in [-0.1, -0.05) is 30.0 Å². The van der Waals surface area contributed by atoms with Gasteiger partial charge in [-0.15, -0.1) is 0 Å². The molecule has 146 valence electrons. The monoisotopic (exact) mass is 397 g/mol. The van der Waals surface area contributed by atoms with E-state index in [-0.39, 0.29) is 17.2 Å². The minimum absolute atomic E-state index is 0.125. The lowest BCUT2D eigenvalue weighted by Gasteiger charge is -2.13. The van der Waals surface area contributed by atoms with Crippen LogP contribution in [0.15, 0.2) is 52.4 Å². The summed E-state index contributed by atoms with van der Waals surface area (Å²) in [6.07, 6.45) is 0. The molecule has 1 heterocycles. The number of amides is 1. The summed E-state index contributed by atoms with van der Waals surface area (Å²) in [6, 6.07) is 13.0. The van der Waals surface area contributed by atoms with Crippen molar-refractivity contribution in [2.24, 2.45) is 0 Å². The molecular formula is C21H23N3O3S. The van der Waals surface area contributed by atoms with E-state index < -0.39 is 0 Å². The lowest BCUT2D eigenvalue weighted by atomic mass is 10.1. The molecule has 0 unspecified atom stereocenters. The highest BCUT2D eigenvalue weighted by Crippen LogP contribution is 2.19. The number of para-hydroxylation sites is 1. The van der Waals surface area contributed by atoms with Gasteiger partial charge in [0.2, 0.25) is 5.91 Å². The normalized spacial score (nSPS) is 11.0. The van der Waals surface area contributed by atoms with Gasteiger partial charge in [0, 0.05) is 12.8 Å². The lowest BCUT2D eigenvalue weighted by Crippen LogP contribution is -2.26. The van der Waals surface area contributed by atoms with Crippen molar-refractivity contribution in [3.05, 3.63) is 63.9 Å². The second kappa shape index (κ2) is 9.03. The Hall–Kier alpha value is -2.64. The molecule has 0 aliphatic rings. The summed E-state index contributed by atoms with van der Waals surface area (Å²) in [7, 11) is 1.59. The zero-order valence-corrected chi connectivity index (χ0v) is 17.0. The maximum Gasteiger partial charge on any atom is 0.262 e. The quantitative estimate of drug-likeness (QED) is 0.489. The molecule has 7 heteroatoms. The highest BCUT2D eigenvalue weighted by Gasteiger charge is 2.13. The van der Waals surface area contributed by atoms with Crippen LogP contribution >= 0.6 is 11.8 Å². The fourth-order valence-corrected chi connectivity index (χ4v) is 3.61. The number of hydrogen-bond donors (Lipinski definition) is 1. The highest BCUT2D eigenvalue weighted by molar-refractivity contribution is 7.99. The van der Waals surface area contributed by atoms with Gasteiger partial charge in [0.25, 0.3) is 5.56 Å². The first-order valence-electron chi connectivity index (χ1n) is 8.98. The van der Waals surface area contributed by atoms with Crippen molar-refractivity contribution in [1.82, 2.24) is 9.55 Å². The highest BCUT2D eigenvalue weighted by atomic mass is 32.2. The van der Waals surface area contributed by atoms with Gasteiger partial charge < -0.3 is 10.1 Å². The van der Waals surface area contributed by atoms with Crippen molar-refractivity contribution in [3.63, 3.8) is 0 Å². The lowest BCUT2D eigenvalue weighted by molar-refractivity contribution is -0.113. The van der Waals surface area contributed by atoms with Crippen molar-refractivity contribution < 1.29 is 9.53 Å². The van der Waals surface area contributed by atoms with Crippen LogP contribution in [-0.4, -0.2) is 34.9 Å². The Kier molecular flexibility index (Phi) is 6.49. The molecule has 0 spiro atoms. The number of fused-ring (bicyclic) bond motifs is 1. The van der Waals surface area contributed by atoms with E-state index in [0.717, 1.165) is 11.3 Å². The van der Waals surface area contributed by atoms with Gasteiger partial charge in [-0.3, -0.25) is 14.2 Å². The average Bonchev–Trinajstić information content (AvgIpc) is 2.69. The number of nitrogens with one attached hydrogen (secondary N) is 1. The summed E-state index contributed by atoms with van der Waals surface area (Å²) < 4.78 is 6.69. The Morgan fingerprint density at radius 1 is 1.18 bits per heavy atom. The van der Waals surface area contributed by atoms with E-state index in [2.05, 4.69) is 10.3 Å². The van der Waals surface area contributed by atoms with E-state index in [1.165, 1.54) is 17.3 Å². The topological polar surface area (TPSA) is 73.2 Å². The van der Waals surface area contributed by atoms with E-state index in [9.17, 15) is 9.59 Å². The number of ether oxygens (including phenoxy) is 1. The molecule has 0 saturated heterocycles. The van der Waals surface area contributed by atoms with Gasteiger partial charge in [-0.2, -0.15) is 0 Å². The third-order valence-electron chi connectivity index (χ3n) is 4.47. The fourth-order valence-electron chi connectivity index (χ4n) is 2.78. The number of carbonyl (C=O) groups excluding carboxylic acids is 1. The summed E-state index contributed by atoms with van der Waals surface area (Å²) in [5.41, 5.74) is 3.56. The first kappa shape index (κ1) is 20.1. The first-order valence-corrected chi connectivity index (χ1v) is 9.96. The number of anilines is 1.